The van der Waals surface area contributed by atoms with Gasteiger partial charge >= 0.3 is 0 Å². The average molecular weight is 306 g/mol. The van der Waals surface area contributed by atoms with E-state index in [4.69, 9.17) is 16.3 Å². The minimum Gasteiger partial charge on any atom is -0.378 e. The average Bonchev–Trinajstić information content (AvgIpc) is 2.77. The zero-order chi connectivity index (χ0) is 14.8. The first-order chi connectivity index (χ1) is 10.1. The Kier molecular flexibility index (Phi) is 3.94. The SMILES string of the molecule is CC1=NN(c2ccc(Cl)cc2)C(=O)C1=CN1CCOCC1. The van der Waals surface area contributed by atoms with Crippen LogP contribution in [-0.4, -0.2) is 42.8 Å². The molecule has 0 spiro atoms. The summed E-state index contributed by atoms with van der Waals surface area (Å²) in [4.78, 5) is 14.6. The van der Waals surface area contributed by atoms with E-state index in [9.17, 15) is 4.79 Å². The quantitative estimate of drug-likeness (QED) is 0.788. The van der Waals surface area contributed by atoms with Crippen LogP contribution in [0.5, 0.6) is 0 Å². The molecule has 0 radical (unpaired) electrons. The number of benzene rings is 1. The highest BCUT2D eigenvalue weighted by Gasteiger charge is 2.29. The van der Waals surface area contributed by atoms with E-state index in [1.54, 1.807) is 24.3 Å². The molecule has 0 aromatic heterocycles. The second-order valence-electron chi connectivity index (χ2n) is 4.97. The van der Waals surface area contributed by atoms with Gasteiger partial charge in [0, 0.05) is 24.3 Å². The Hall–Kier alpha value is -1.85. The van der Waals surface area contributed by atoms with Gasteiger partial charge in [0.05, 0.1) is 30.2 Å². The van der Waals surface area contributed by atoms with Gasteiger partial charge in [0.25, 0.3) is 5.91 Å². The highest BCUT2D eigenvalue weighted by molar-refractivity contribution is 6.31. The molecule has 0 atom stereocenters. The first kappa shape index (κ1) is 14.1. The van der Waals surface area contributed by atoms with Crippen LogP contribution in [0.25, 0.3) is 0 Å². The Labute approximate surface area is 128 Å². The van der Waals surface area contributed by atoms with Gasteiger partial charge in [-0.15, -0.1) is 0 Å². The number of anilines is 1. The molecular weight excluding hydrogens is 290 g/mol. The molecular formula is C15H16ClN3O2. The van der Waals surface area contributed by atoms with Crippen molar-refractivity contribution < 1.29 is 9.53 Å². The molecule has 1 aromatic rings. The number of rotatable bonds is 2. The summed E-state index contributed by atoms with van der Waals surface area (Å²) in [5.41, 5.74) is 2.07. The maximum absolute atomic E-state index is 12.5. The summed E-state index contributed by atoms with van der Waals surface area (Å²) in [6.07, 6.45) is 1.89. The lowest BCUT2D eigenvalue weighted by molar-refractivity contribution is -0.114. The van der Waals surface area contributed by atoms with Crippen LogP contribution >= 0.6 is 11.6 Å². The van der Waals surface area contributed by atoms with Crippen LogP contribution in [0.2, 0.25) is 5.02 Å². The largest absolute Gasteiger partial charge is 0.378 e. The second kappa shape index (κ2) is 5.87. The van der Waals surface area contributed by atoms with Crippen molar-refractivity contribution in [3.63, 3.8) is 0 Å². The molecule has 6 heteroatoms. The fourth-order valence-corrected chi connectivity index (χ4v) is 2.44. The minimum absolute atomic E-state index is 0.110. The standard InChI is InChI=1S/C15H16ClN3O2/c1-11-14(10-18-6-8-21-9-7-18)15(20)19(17-11)13-4-2-12(16)3-5-13/h2-5,10H,6-9H2,1H3. The smallest absolute Gasteiger partial charge is 0.282 e. The summed E-state index contributed by atoms with van der Waals surface area (Å²) >= 11 is 5.87. The number of hydrogen-bond donors (Lipinski definition) is 0. The molecule has 0 saturated carbocycles. The minimum atomic E-state index is -0.110. The van der Waals surface area contributed by atoms with E-state index in [1.807, 2.05) is 13.1 Å². The number of hydrazone groups is 1. The predicted molar refractivity (Wildman–Crippen MR) is 82.5 cm³/mol. The van der Waals surface area contributed by atoms with Crippen LogP contribution in [0.1, 0.15) is 6.92 Å². The molecule has 0 aliphatic carbocycles. The summed E-state index contributed by atoms with van der Waals surface area (Å²) < 4.78 is 5.31. The molecule has 2 aliphatic rings. The maximum atomic E-state index is 12.5. The summed E-state index contributed by atoms with van der Waals surface area (Å²) in [5.74, 6) is -0.110. The van der Waals surface area contributed by atoms with Gasteiger partial charge < -0.3 is 9.64 Å². The van der Waals surface area contributed by atoms with Gasteiger partial charge in [-0.1, -0.05) is 11.6 Å². The monoisotopic (exact) mass is 305 g/mol. The Morgan fingerprint density at radius 3 is 2.57 bits per heavy atom. The van der Waals surface area contributed by atoms with E-state index < -0.39 is 0 Å². The Morgan fingerprint density at radius 2 is 1.90 bits per heavy atom. The number of amides is 1. The first-order valence-electron chi connectivity index (χ1n) is 6.84. The third-order valence-electron chi connectivity index (χ3n) is 3.49. The van der Waals surface area contributed by atoms with E-state index >= 15 is 0 Å². The summed E-state index contributed by atoms with van der Waals surface area (Å²) in [6, 6.07) is 7.07. The molecule has 2 heterocycles. The first-order valence-corrected chi connectivity index (χ1v) is 7.22. The number of morpholine rings is 1. The van der Waals surface area contributed by atoms with E-state index in [0.29, 0.717) is 29.5 Å². The molecule has 0 bridgehead atoms. The van der Waals surface area contributed by atoms with Crippen molar-refractivity contribution in [1.82, 2.24) is 4.90 Å². The van der Waals surface area contributed by atoms with E-state index in [2.05, 4.69) is 10.0 Å². The van der Waals surface area contributed by atoms with E-state index in [1.165, 1.54) is 5.01 Å². The molecule has 1 aromatic carbocycles. The van der Waals surface area contributed by atoms with Crippen LogP contribution in [0, 0.1) is 0 Å². The molecule has 21 heavy (non-hydrogen) atoms. The zero-order valence-electron chi connectivity index (χ0n) is 11.8. The van der Waals surface area contributed by atoms with Crippen molar-refractivity contribution in [2.75, 3.05) is 31.3 Å². The Bertz CT molecular complexity index is 604. The molecule has 3 rings (SSSR count). The normalized spacial score (nSPS) is 21.1. The molecule has 1 amide bonds. The van der Waals surface area contributed by atoms with E-state index in [0.717, 1.165) is 18.8 Å². The summed E-state index contributed by atoms with van der Waals surface area (Å²) in [7, 11) is 0. The van der Waals surface area contributed by atoms with Crippen LogP contribution in [0.3, 0.4) is 0 Å². The summed E-state index contributed by atoms with van der Waals surface area (Å²) in [5, 5.41) is 6.40. The van der Waals surface area contributed by atoms with Crippen molar-refractivity contribution in [1.29, 1.82) is 0 Å². The topological polar surface area (TPSA) is 45.1 Å². The highest BCUT2D eigenvalue weighted by atomic mass is 35.5. The van der Waals surface area contributed by atoms with Crippen LogP contribution in [-0.2, 0) is 9.53 Å². The van der Waals surface area contributed by atoms with Gasteiger partial charge in [0.15, 0.2) is 0 Å². The van der Waals surface area contributed by atoms with Crippen molar-refractivity contribution in [2.45, 2.75) is 6.92 Å². The third kappa shape index (κ3) is 2.94. The van der Waals surface area contributed by atoms with E-state index in [-0.39, 0.29) is 5.91 Å². The van der Waals surface area contributed by atoms with Crippen molar-refractivity contribution in [3.05, 3.63) is 41.1 Å². The number of carbonyl (C=O) groups excluding carboxylic acids is 1. The van der Waals surface area contributed by atoms with Crippen LogP contribution in [0.15, 0.2) is 41.1 Å². The highest BCUT2D eigenvalue weighted by Crippen LogP contribution is 2.25. The third-order valence-corrected chi connectivity index (χ3v) is 3.74. The molecule has 5 nitrogen and oxygen atoms in total. The number of ether oxygens (including phenoxy) is 1. The Balaban J connectivity index is 1.83. The second-order valence-corrected chi connectivity index (χ2v) is 5.41. The van der Waals surface area contributed by atoms with Crippen molar-refractivity contribution in [3.8, 4) is 0 Å². The van der Waals surface area contributed by atoms with Gasteiger partial charge in [0.2, 0.25) is 0 Å². The number of nitrogens with zero attached hydrogens (tertiary/aromatic N) is 3. The molecule has 1 fully saturated rings. The molecule has 0 unspecified atom stereocenters. The number of hydrogen-bond acceptors (Lipinski definition) is 4. The molecule has 1 saturated heterocycles. The fraction of sp³-hybridized carbons (Fsp3) is 0.333. The zero-order valence-corrected chi connectivity index (χ0v) is 12.5. The van der Waals surface area contributed by atoms with Gasteiger partial charge in [0.1, 0.15) is 0 Å². The lowest BCUT2D eigenvalue weighted by Gasteiger charge is -2.25. The van der Waals surface area contributed by atoms with Crippen molar-refractivity contribution >= 4 is 28.9 Å². The lowest BCUT2D eigenvalue weighted by atomic mass is 10.2. The fourth-order valence-electron chi connectivity index (χ4n) is 2.31. The lowest BCUT2D eigenvalue weighted by Crippen LogP contribution is -2.33. The predicted octanol–water partition coefficient (Wildman–Crippen LogP) is 2.28. The number of carbonyl (C=O) groups is 1. The van der Waals surface area contributed by atoms with Gasteiger partial charge in [-0.25, -0.2) is 0 Å². The molecule has 0 N–H and O–H groups in total. The number of halogens is 1. The van der Waals surface area contributed by atoms with Crippen LogP contribution in [0.4, 0.5) is 5.69 Å². The Morgan fingerprint density at radius 1 is 1.24 bits per heavy atom. The summed E-state index contributed by atoms with van der Waals surface area (Å²) in [6.45, 7) is 4.82. The maximum Gasteiger partial charge on any atom is 0.282 e. The van der Waals surface area contributed by atoms with Gasteiger partial charge in [-0.3, -0.25) is 4.79 Å². The molecule has 110 valence electrons. The van der Waals surface area contributed by atoms with Crippen LogP contribution < -0.4 is 5.01 Å². The van der Waals surface area contributed by atoms with Crippen molar-refractivity contribution in [2.24, 2.45) is 5.10 Å². The van der Waals surface area contributed by atoms with Gasteiger partial charge in [-0.2, -0.15) is 10.1 Å². The van der Waals surface area contributed by atoms with Gasteiger partial charge in [-0.05, 0) is 31.2 Å². The molecule has 2 aliphatic heterocycles.